The number of nitrogens with two attached hydrogens (primary N) is 1. The number of anilines is 2. The van der Waals surface area contributed by atoms with E-state index in [4.69, 9.17) is 5.73 Å². The number of benzene rings is 1. The van der Waals surface area contributed by atoms with Crippen molar-refractivity contribution in [2.75, 3.05) is 24.1 Å². The molecule has 4 nitrogen and oxygen atoms in total. The monoisotopic (exact) mass is 265 g/mol. The second-order valence-electron chi connectivity index (χ2n) is 4.99. The lowest BCUT2D eigenvalue weighted by Crippen LogP contribution is -2.35. The molecule has 0 bridgehead atoms. The summed E-state index contributed by atoms with van der Waals surface area (Å²) in [4.78, 5) is 14.1. The highest BCUT2D eigenvalue weighted by Crippen LogP contribution is 2.26. The Morgan fingerprint density at radius 1 is 1.53 bits per heavy atom. The summed E-state index contributed by atoms with van der Waals surface area (Å²) >= 11 is 0. The molecule has 0 heterocycles. The van der Waals surface area contributed by atoms with Crippen molar-refractivity contribution in [2.45, 2.75) is 32.2 Å². The third-order valence-corrected chi connectivity index (χ3v) is 3.19. The molecule has 0 atom stereocenters. The predicted molar refractivity (Wildman–Crippen MR) is 74.3 cm³/mol. The predicted octanol–water partition coefficient (Wildman–Crippen LogP) is 2.22. The summed E-state index contributed by atoms with van der Waals surface area (Å²) in [6, 6.07) is 4.69. The molecule has 3 N–H and O–H groups in total. The fraction of sp³-hybridized carbons (Fsp3) is 0.500. The highest BCUT2D eigenvalue weighted by molar-refractivity contribution is 5.92. The van der Waals surface area contributed by atoms with E-state index in [2.05, 4.69) is 17.1 Å². The maximum absolute atomic E-state index is 13.5. The van der Waals surface area contributed by atoms with E-state index in [1.807, 2.05) is 0 Å². The van der Waals surface area contributed by atoms with Crippen molar-refractivity contribution in [1.82, 2.24) is 4.90 Å². The largest absolute Gasteiger partial charge is 0.399 e. The van der Waals surface area contributed by atoms with E-state index in [0.717, 1.165) is 25.8 Å². The molecule has 1 aliphatic rings. The van der Waals surface area contributed by atoms with Gasteiger partial charge in [-0.25, -0.2) is 4.39 Å². The molecule has 1 aromatic carbocycles. The summed E-state index contributed by atoms with van der Waals surface area (Å²) < 4.78 is 13.5. The zero-order chi connectivity index (χ0) is 13.8. The molecule has 0 unspecified atom stereocenters. The van der Waals surface area contributed by atoms with Gasteiger partial charge >= 0.3 is 0 Å². The van der Waals surface area contributed by atoms with Gasteiger partial charge in [-0.2, -0.15) is 0 Å². The standard InChI is InChI=1S/C14H20FN3O/c1-2-7-18(11-4-5-11)9-14(19)17-13-8-10(16)3-6-12(13)15/h3,6,8,11H,2,4-5,7,9,16H2,1H3,(H,17,19). The molecular weight excluding hydrogens is 245 g/mol. The van der Waals surface area contributed by atoms with Crippen LogP contribution in [0.2, 0.25) is 0 Å². The van der Waals surface area contributed by atoms with Gasteiger partial charge in [0.15, 0.2) is 0 Å². The highest BCUT2D eigenvalue weighted by Gasteiger charge is 2.29. The Bertz CT molecular complexity index is 460. The summed E-state index contributed by atoms with van der Waals surface area (Å²) in [6.45, 7) is 3.30. The molecule has 0 radical (unpaired) electrons. The Morgan fingerprint density at radius 3 is 2.89 bits per heavy atom. The topological polar surface area (TPSA) is 58.4 Å². The van der Waals surface area contributed by atoms with Gasteiger partial charge < -0.3 is 11.1 Å². The van der Waals surface area contributed by atoms with Crippen LogP contribution >= 0.6 is 0 Å². The van der Waals surface area contributed by atoms with Crippen molar-refractivity contribution in [1.29, 1.82) is 0 Å². The van der Waals surface area contributed by atoms with E-state index >= 15 is 0 Å². The fourth-order valence-electron chi connectivity index (χ4n) is 2.13. The molecule has 1 amide bonds. The van der Waals surface area contributed by atoms with Crippen molar-refractivity contribution >= 4 is 17.3 Å². The Labute approximate surface area is 112 Å². The second kappa shape index (κ2) is 6.02. The van der Waals surface area contributed by atoms with Gasteiger partial charge in [0.1, 0.15) is 5.82 Å². The van der Waals surface area contributed by atoms with E-state index in [1.165, 1.54) is 18.2 Å². The van der Waals surface area contributed by atoms with E-state index in [-0.39, 0.29) is 11.6 Å². The number of carbonyl (C=O) groups is 1. The molecule has 2 rings (SSSR count). The van der Waals surface area contributed by atoms with Crippen molar-refractivity contribution in [3.8, 4) is 0 Å². The molecule has 1 aliphatic carbocycles. The number of hydrogen-bond acceptors (Lipinski definition) is 3. The van der Waals surface area contributed by atoms with E-state index in [0.29, 0.717) is 18.3 Å². The van der Waals surface area contributed by atoms with Crippen LogP contribution in [0.25, 0.3) is 0 Å². The van der Waals surface area contributed by atoms with Gasteiger partial charge in [-0.05, 0) is 44.0 Å². The molecule has 1 fully saturated rings. The number of hydrogen-bond donors (Lipinski definition) is 2. The first-order valence-electron chi connectivity index (χ1n) is 6.69. The number of amides is 1. The molecule has 0 saturated heterocycles. The van der Waals surface area contributed by atoms with E-state index in [9.17, 15) is 9.18 Å². The summed E-state index contributed by atoms with van der Waals surface area (Å²) in [5.74, 6) is -0.652. The minimum absolute atomic E-state index is 0.150. The molecular formula is C14H20FN3O. The summed E-state index contributed by atoms with van der Waals surface area (Å²) in [7, 11) is 0. The molecule has 0 aliphatic heterocycles. The smallest absolute Gasteiger partial charge is 0.238 e. The Balaban J connectivity index is 1.94. The van der Waals surface area contributed by atoms with Crippen LogP contribution in [0.15, 0.2) is 18.2 Å². The maximum atomic E-state index is 13.5. The van der Waals surface area contributed by atoms with Crippen LogP contribution < -0.4 is 11.1 Å². The molecule has 104 valence electrons. The van der Waals surface area contributed by atoms with Crippen molar-refractivity contribution in [3.63, 3.8) is 0 Å². The van der Waals surface area contributed by atoms with Gasteiger partial charge in [0, 0.05) is 11.7 Å². The van der Waals surface area contributed by atoms with Gasteiger partial charge in [0.2, 0.25) is 5.91 Å². The van der Waals surface area contributed by atoms with Crippen molar-refractivity contribution < 1.29 is 9.18 Å². The Kier molecular flexibility index (Phi) is 4.37. The first kappa shape index (κ1) is 13.8. The van der Waals surface area contributed by atoms with Crippen LogP contribution in [-0.2, 0) is 4.79 Å². The second-order valence-corrected chi connectivity index (χ2v) is 4.99. The first-order chi connectivity index (χ1) is 9.10. The number of nitrogen functional groups attached to an aromatic ring is 1. The third kappa shape index (κ3) is 3.92. The van der Waals surface area contributed by atoms with Crippen LogP contribution in [0.4, 0.5) is 15.8 Å². The lowest BCUT2D eigenvalue weighted by Gasteiger charge is -2.20. The minimum Gasteiger partial charge on any atom is -0.399 e. The van der Waals surface area contributed by atoms with Crippen molar-refractivity contribution in [2.24, 2.45) is 0 Å². The molecule has 0 aromatic heterocycles. The van der Waals surface area contributed by atoms with Crippen LogP contribution in [-0.4, -0.2) is 29.9 Å². The molecule has 1 saturated carbocycles. The van der Waals surface area contributed by atoms with Crippen LogP contribution in [0.3, 0.4) is 0 Å². The van der Waals surface area contributed by atoms with Crippen LogP contribution in [0, 0.1) is 5.82 Å². The van der Waals surface area contributed by atoms with E-state index < -0.39 is 5.82 Å². The highest BCUT2D eigenvalue weighted by atomic mass is 19.1. The number of nitrogens with zero attached hydrogens (tertiary/aromatic N) is 1. The summed E-state index contributed by atoms with van der Waals surface area (Å²) in [6.07, 6.45) is 3.32. The normalized spacial score (nSPS) is 14.7. The van der Waals surface area contributed by atoms with Gasteiger partial charge in [-0.3, -0.25) is 9.69 Å². The van der Waals surface area contributed by atoms with E-state index in [1.54, 1.807) is 0 Å². The zero-order valence-electron chi connectivity index (χ0n) is 11.2. The van der Waals surface area contributed by atoms with Gasteiger partial charge in [-0.15, -0.1) is 0 Å². The lowest BCUT2D eigenvalue weighted by molar-refractivity contribution is -0.117. The first-order valence-corrected chi connectivity index (χ1v) is 6.69. The van der Waals surface area contributed by atoms with Gasteiger partial charge in [0.25, 0.3) is 0 Å². The average molecular weight is 265 g/mol. The molecule has 5 heteroatoms. The Hall–Kier alpha value is -1.62. The number of rotatable bonds is 6. The number of carbonyl (C=O) groups excluding carboxylic acids is 1. The maximum Gasteiger partial charge on any atom is 0.238 e. The number of nitrogens with one attached hydrogen (secondary N) is 1. The fourth-order valence-corrected chi connectivity index (χ4v) is 2.13. The SMILES string of the molecule is CCCN(CC(=O)Nc1cc(N)ccc1F)C1CC1. The summed E-state index contributed by atoms with van der Waals surface area (Å²) in [5, 5.41) is 2.59. The van der Waals surface area contributed by atoms with Crippen molar-refractivity contribution in [3.05, 3.63) is 24.0 Å². The lowest BCUT2D eigenvalue weighted by atomic mass is 10.2. The molecule has 19 heavy (non-hydrogen) atoms. The van der Waals surface area contributed by atoms with Crippen LogP contribution in [0.1, 0.15) is 26.2 Å². The molecule has 0 spiro atoms. The van der Waals surface area contributed by atoms with Gasteiger partial charge in [-0.1, -0.05) is 6.92 Å². The third-order valence-electron chi connectivity index (χ3n) is 3.19. The quantitative estimate of drug-likeness (QED) is 0.775. The average Bonchev–Trinajstić information content (AvgIpc) is 3.17. The molecule has 1 aromatic rings. The minimum atomic E-state index is -0.462. The van der Waals surface area contributed by atoms with Crippen LogP contribution in [0.5, 0.6) is 0 Å². The zero-order valence-corrected chi connectivity index (χ0v) is 11.2. The summed E-state index contributed by atoms with van der Waals surface area (Å²) in [5.41, 5.74) is 6.17. The number of halogens is 1. The Morgan fingerprint density at radius 2 is 2.26 bits per heavy atom. The van der Waals surface area contributed by atoms with Gasteiger partial charge in [0.05, 0.1) is 12.2 Å².